The van der Waals surface area contributed by atoms with Crippen LogP contribution in [0.1, 0.15) is 24.4 Å². The van der Waals surface area contributed by atoms with Crippen LogP contribution >= 0.6 is 24.8 Å². The molecule has 0 unspecified atom stereocenters. The highest BCUT2D eigenvalue weighted by Gasteiger charge is 2.16. The number of hydrogen-bond acceptors (Lipinski definition) is 3. The summed E-state index contributed by atoms with van der Waals surface area (Å²) in [7, 11) is 0. The standard InChI is InChI=1S/C11H18N4.2ClH/c1-2-5-14(4-1)8-10-9-15-6-3-12-7-11(15)13-10;;/h9,12H,1-8H2;2*1H. The summed E-state index contributed by atoms with van der Waals surface area (Å²) in [5.41, 5.74) is 1.25. The van der Waals surface area contributed by atoms with E-state index in [0.717, 1.165) is 26.2 Å². The van der Waals surface area contributed by atoms with Crippen LogP contribution in [0.3, 0.4) is 0 Å². The summed E-state index contributed by atoms with van der Waals surface area (Å²) in [5.74, 6) is 1.20. The van der Waals surface area contributed by atoms with Crippen LogP contribution in [-0.4, -0.2) is 34.1 Å². The third kappa shape index (κ3) is 3.35. The van der Waals surface area contributed by atoms with Crippen molar-refractivity contribution in [3.63, 3.8) is 0 Å². The minimum atomic E-state index is 0. The topological polar surface area (TPSA) is 33.1 Å². The summed E-state index contributed by atoms with van der Waals surface area (Å²) in [6.45, 7) is 6.62. The number of nitrogens with one attached hydrogen (secondary N) is 1. The van der Waals surface area contributed by atoms with E-state index in [9.17, 15) is 0 Å². The number of halogens is 2. The molecule has 0 saturated carbocycles. The molecule has 3 rings (SSSR count). The van der Waals surface area contributed by atoms with E-state index in [1.165, 1.54) is 37.4 Å². The first-order chi connectivity index (χ1) is 7.42. The number of likely N-dealkylation sites (tertiary alicyclic amines) is 1. The lowest BCUT2D eigenvalue weighted by molar-refractivity contribution is 0.327. The third-order valence-electron chi connectivity index (χ3n) is 3.31. The van der Waals surface area contributed by atoms with Gasteiger partial charge in [0.1, 0.15) is 5.82 Å². The SMILES string of the molecule is Cl.Cl.c1c(CN2CCCC2)nc2n1CCNC2. The molecule has 1 N–H and O–H groups in total. The molecule has 0 amide bonds. The minimum absolute atomic E-state index is 0. The Morgan fingerprint density at radius 2 is 1.94 bits per heavy atom. The van der Waals surface area contributed by atoms with Gasteiger partial charge in [0.2, 0.25) is 0 Å². The molecule has 0 bridgehead atoms. The van der Waals surface area contributed by atoms with E-state index in [2.05, 4.69) is 26.0 Å². The van der Waals surface area contributed by atoms with Gasteiger partial charge < -0.3 is 9.88 Å². The van der Waals surface area contributed by atoms with Crippen LogP contribution in [0.5, 0.6) is 0 Å². The summed E-state index contributed by atoms with van der Waals surface area (Å²) < 4.78 is 2.29. The van der Waals surface area contributed by atoms with Gasteiger partial charge in [-0.25, -0.2) is 4.98 Å². The van der Waals surface area contributed by atoms with Gasteiger partial charge in [0, 0.05) is 25.8 Å². The number of fused-ring (bicyclic) bond motifs is 1. The van der Waals surface area contributed by atoms with Gasteiger partial charge in [-0.1, -0.05) is 0 Å². The van der Waals surface area contributed by atoms with E-state index in [1.54, 1.807) is 0 Å². The van der Waals surface area contributed by atoms with Crippen LogP contribution in [0.15, 0.2) is 6.20 Å². The molecule has 0 spiro atoms. The van der Waals surface area contributed by atoms with Gasteiger partial charge in [0.05, 0.1) is 12.2 Å². The molecule has 3 heterocycles. The van der Waals surface area contributed by atoms with Crippen molar-refractivity contribution in [2.24, 2.45) is 0 Å². The summed E-state index contributed by atoms with van der Waals surface area (Å²) in [6, 6.07) is 0. The highest BCUT2D eigenvalue weighted by molar-refractivity contribution is 5.85. The number of imidazole rings is 1. The van der Waals surface area contributed by atoms with Gasteiger partial charge in [-0.05, 0) is 25.9 Å². The maximum absolute atomic E-state index is 4.67. The van der Waals surface area contributed by atoms with Crippen molar-refractivity contribution >= 4 is 24.8 Å². The van der Waals surface area contributed by atoms with Crippen molar-refractivity contribution in [3.05, 3.63) is 17.7 Å². The Morgan fingerprint density at radius 3 is 2.65 bits per heavy atom. The minimum Gasteiger partial charge on any atom is -0.332 e. The maximum atomic E-state index is 4.67. The number of nitrogens with zero attached hydrogens (tertiary/aromatic N) is 3. The van der Waals surface area contributed by atoms with E-state index in [4.69, 9.17) is 0 Å². The number of rotatable bonds is 2. The third-order valence-corrected chi connectivity index (χ3v) is 3.31. The molecule has 1 aromatic rings. The Hall–Kier alpha value is -0.290. The Labute approximate surface area is 115 Å². The van der Waals surface area contributed by atoms with Gasteiger partial charge >= 0.3 is 0 Å². The van der Waals surface area contributed by atoms with Crippen LogP contribution < -0.4 is 5.32 Å². The molecule has 2 aliphatic heterocycles. The van der Waals surface area contributed by atoms with Crippen LogP contribution in [0.4, 0.5) is 0 Å². The second-order valence-corrected chi connectivity index (χ2v) is 4.50. The van der Waals surface area contributed by atoms with E-state index in [0.29, 0.717) is 0 Å². The molecule has 98 valence electrons. The van der Waals surface area contributed by atoms with Gasteiger partial charge in [0.25, 0.3) is 0 Å². The average molecular weight is 279 g/mol. The Bertz CT molecular complexity index is 324. The molecule has 2 aliphatic rings. The summed E-state index contributed by atoms with van der Waals surface area (Å²) in [6.07, 6.45) is 4.94. The fourth-order valence-corrected chi connectivity index (χ4v) is 2.49. The lowest BCUT2D eigenvalue weighted by atomic mass is 10.4. The molecule has 17 heavy (non-hydrogen) atoms. The highest BCUT2D eigenvalue weighted by atomic mass is 35.5. The van der Waals surface area contributed by atoms with Crippen molar-refractivity contribution in [1.82, 2.24) is 19.8 Å². The van der Waals surface area contributed by atoms with E-state index in [1.807, 2.05) is 0 Å². The smallest absolute Gasteiger partial charge is 0.123 e. The summed E-state index contributed by atoms with van der Waals surface area (Å²) >= 11 is 0. The fraction of sp³-hybridized carbons (Fsp3) is 0.727. The quantitative estimate of drug-likeness (QED) is 0.889. The van der Waals surface area contributed by atoms with Crippen molar-refractivity contribution in [1.29, 1.82) is 0 Å². The van der Waals surface area contributed by atoms with Gasteiger partial charge in [-0.2, -0.15) is 0 Å². The molecule has 1 saturated heterocycles. The molecule has 0 radical (unpaired) electrons. The first kappa shape index (κ1) is 14.8. The number of hydrogen-bond donors (Lipinski definition) is 1. The monoisotopic (exact) mass is 278 g/mol. The first-order valence-electron chi connectivity index (χ1n) is 5.90. The normalized spacial score (nSPS) is 19.3. The zero-order valence-corrected chi connectivity index (χ0v) is 11.5. The zero-order chi connectivity index (χ0) is 10.1. The molecule has 0 aromatic carbocycles. The van der Waals surface area contributed by atoms with E-state index < -0.39 is 0 Å². The second-order valence-electron chi connectivity index (χ2n) is 4.50. The van der Waals surface area contributed by atoms with Gasteiger partial charge in [0.15, 0.2) is 0 Å². The molecule has 0 aliphatic carbocycles. The van der Waals surface area contributed by atoms with Gasteiger partial charge in [-0.15, -0.1) is 24.8 Å². The molecule has 4 nitrogen and oxygen atoms in total. The summed E-state index contributed by atoms with van der Waals surface area (Å²) in [5, 5.41) is 3.35. The highest BCUT2D eigenvalue weighted by Crippen LogP contribution is 2.13. The van der Waals surface area contributed by atoms with E-state index >= 15 is 0 Å². The predicted molar refractivity (Wildman–Crippen MR) is 72.9 cm³/mol. The lowest BCUT2D eigenvalue weighted by Gasteiger charge is -2.13. The molecule has 0 atom stereocenters. The number of aromatic nitrogens is 2. The van der Waals surface area contributed by atoms with E-state index in [-0.39, 0.29) is 24.8 Å². The maximum Gasteiger partial charge on any atom is 0.123 e. The molecule has 1 fully saturated rings. The van der Waals surface area contributed by atoms with Crippen LogP contribution in [0.25, 0.3) is 0 Å². The van der Waals surface area contributed by atoms with Crippen LogP contribution in [0, 0.1) is 0 Å². The molecular formula is C11H20Cl2N4. The van der Waals surface area contributed by atoms with Crippen LogP contribution in [0.2, 0.25) is 0 Å². The lowest BCUT2D eigenvalue weighted by Crippen LogP contribution is -2.27. The predicted octanol–water partition coefficient (Wildman–Crippen LogP) is 1.43. The molecule has 6 heteroatoms. The van der Waals surface area contributed by atoms with Crippen LogP contribution in [-0.2, 0) is 19.6 Å². The molecular weight excluding hydrogens is 259 g/mol. The van der Waals surface area contributed by atoms with Crippen molar-refractivity contribution in [2.75, 3.05) is 19.6 Å². The Kier molecular flexibility index (Phi) is 5.73. The Balaban J connectivity index is 0.000000722. The first-order valence-corrected chi connectivity index (χ1v) is 5.90. The fourth-order valence-electron chi connectivity index (χ4n) is 2.49. The Morgan fingerprint density at radius 1 is 1.18 bits per heavy atom. The largest absolute Gasteiger partial charge is 0.332 e. The van der Waals surface area contributed by atoms with Crippen molar-refractivity contribution in [2.45, 2.75) is 32.5 Å². The zero-order valence-electron chi connectivity index (χ0n) is 9.89. The second kappa shape index (κ2) is 6.59. The summed E-state index contributed by atoms with van der Waals surface area (Å²) in [4.78, 5) is 7.17. The average Bonchev–Trinajstić information content (AvgIpc) is 2.86. The van der Waals surface area contributed by atoms with Gasteiger partial charge in [-0.3, -0.25) is 4.90 Å². The van der Waals surface area contributed by atoms with Crippen molar-refractivity contribution in [3.8, 4) is 0 Å². The molecule has 1 aromatic heterocycles. The van der Waals surface area contributed by atoms with Crippen molar-refractivity contribution < 1.29 is 0 Å².